The van der Waals surface area contributed by atoms with E-state index < -0.39 is 15.1 Å². The molecule has 5 rings (SSSR count). The van der Waals surface area contributed by atoms with Crippen molar-refractivity contribution in [1.29, 1.82) is 0 Å². The minimum Gasteiger partial charge on any atom is -0.223 e. The molecule has 4 heteroatoms. The lowest BCUT2D eigenvalue weighted by Crippen LogP contribution is -2.33. The van der Waals surface area contributed by atoms with Gasteiger partial charge < -0.3 is 0 Å². The molecule has 0 amide bonds. The highest BCUT2D eigenvalue weighted by atomic mass is 79.9. The molecule has 0 aromatic heterocycles. The van der Waals surface area contributed by atoms with Gasteiger partial charge in [0.05, 0.1) is 10.1 Å². The predicted molar refractivity (Wildman–Crippen MR) is 136 cm³/mol. The summed E-state index contributed by atoms with van der Waals surface area (Å²) in [6.07, 6.45) is 0.451. The Hall–Kier alpha value is -2.69. The van der Waals surface area contributed by atoms with Gasteiger partial charge in [-0.2, -0.15) is 0 Å². The van der Waals surface area contributed by atoms with E-state index in [4.69, 9.17) is 0 Å². The first-order valence-corrected chi connectivity index (χ1v) is 13.1. The topological polar surface area (TPSA) is 34.1 Å². The number of halogens is 1. The summed E-state index contributed by atoms with van der Waals surface area (Å²) in [7, 11) is -3.59. The van der Waals surface area contributed by atoms with Gasteiger partial charge in [-0.05, 0) is 63.5 Å². The third kappa shape index (κ3) is 3.52. The van der Waals surface area contributed by atoms with E-state index in [1.165, 1.54) is 0 Å². The molecule has 1 aliphatic rings. The Balaban J connectivity index is 1.82. The summed E-state index contributed by atoms with van der Waals surface area (Å²) in [6, 6.07) is 29.8. The van der Waals surface area contributed by atoms with Crippen molar-refractivity contribution < 1.29 is 8.42 Å². The third-order valence-corrected chi connectivity index (χ3v) is 9.18. The van der Waals surface area contributed by atoms with E-state index in [1.54, 1.807) is 12.1 Å². The molecule has 0 saturated carbocycles. The molecule has 0 spiro atoms. The van der Waals surface area contributed by atoms with Crippen LogP contribution in [0, 0.1) is 6.92 Å². The highest BCUT2D eigenvalue weighted by Crippen LogP contribution is 2.49. The first kappa shape index (κ1) is 21.2. The van der Waals surface area contributed by atoms with Gasteiger partial charge in [0.2, 0.25) is 0 Å². The summed E-state index contributed by atoms with van der Waals surface area (Å²) in [5.41, 5.74) is 5.29. The normalized spacial score (nSPS) is 19.8. The fourth-order valence-electron chi connectivity index (χ4n) is 4.88. The SMILES string of the molecule is Cc1ccc(S(=O)(=O)[C@H]2C/C(=C\Br)c3ccc4ccccc4c3[C@@H]2c2ccccc2)cc1. The van der Waals surface area contributed by atoms with E-state index in [0.29, 0.717) is 11.3 Å². The van der Waals surface area contributed by atoms with Gasteiger partial charge in [-0.15, -0.1) is 0 Å². The average Bonchev–Trinajstić information content (AvgIpc) is 2.83. The zero-order valence-corrected chi connectivity index (χ0v) is 20.1. The van der Waals surface area contributed by atoms with Gasteiger partial charge in [0.1, 0.15) is 0 Å². The summed E-state index contributed by atoms with van der Waals surface area (Å²) in [5, 5.41) is 1.62. The number of fused-ring (bicyclic) bond motifs is 3. The zero-order chi connectivity index (χ0) is 22.3. The monoisotopic (exact) mass is 502 g/mol. The maximum absolute atomic E-state index is 14.0. The number of rotatable bonds is 3. The van der Waals surface area contributed by atoms with Crippen molar-refractivity contribution in [3.8, 4) is 0 Å². The first-order valence-electron chi connectivity index (χ1n) is 10.7. The van der Waals surface area contributed by atoms with E-state index in [0.717, 1.165) is 38.6 Å². The first-order chi connectivity index (χ1) is 15.5. The Bertz CT molecular complexity index is 1420. The Morgan fingerprint density at radius 2 is 1.53 bits per heavy atom. The summed E-state index contributed by atoms with van der Waals surface area (Å²) < 4.78 is 28.1. The lowest BCUT2D eigenvalue weighted by molar-refractivity contribution is 0.565. The van der Waals surface area contributed by atoms with Crippen molar-refractivity contribution in [2.75, 3.05) is 0 Å². The van der Waals surface area contributed by atoms with Crippen molar-refractivity contribution in [2.45, 2.75) is 29.4 Å². The largest absolute Gasteiger partial charge is 0.223 e. The maximum atomic E-state index is 14.0. The van der Waals surface area contributed by atoms with E-state index in [9.17, 15) is 8.42 Å². The molecule has 0 heterocycles. The van der Waals surface area contributed by atoms with E-state index in [1.807, 2.05) is 54.4 Å². The molecule has 4 aromatic rings. The Morgan fingerprint density at radius 3 is 2.25 bits per heavy atom. The lowest BCUT2D eigenvalue weighted by Gasteiger charge is -2.36. The van der Waals surface area contributed by atoms with Gasteiger partial charge in [0.25, 0.3) is 0 Å². The van der Waals surface area contributed by atoms with Crippen molar-refractivity contribution in [3.05, 3.63) is 118 Å². The number of hydrogen-bond donors (Lipinski definition) is 0. The number of benzene rings is 4. The van der Waals surface area contributed by atoms with Gasteiger partial charge in [-0.25, -0.2) is 8.42 Å². The minimum absolute atomic E-state index is 0.264. The molecule has 2 atom stereocenters. The van der Waals surface area contributed by atoms with Crippen LogP contribution in [0.1, 0.15) is 34.6 Å². The van der Waals surface area contributed by atoms with Crippen LogP contribution in [0.3, 0.4) is 0 Å². The van der Waals surface area contributed by atoms with Crippen LogP contribution >= 0.6 is 15.9 Å². The number of allylic oxidation sites excluding steroid dienone is 1. The van der Waals surface area contributed by atoms with E-state index in [2.05, 4.69) is 52.3 Å². The van der Waals surface area contributed by atoms with Crippen LogP contribution in [0.15, 0.2) is 101 Å². The highest BCUT2D eigenvalue weighted by Gasteiger charge is 2.42. The molecule has 4 aromatic carbocycles. The standard InChI is InChI=1S/C28H23BrO2S/c1-19-11-14-23(15-12-19)32(30,31)26-17-22(18-29)25-16-13-20-7-5-6-10-24(20)28(25)27(26)21-8-3-2-4-9-21/h2-16,18,26-27H,17H2,1H3/b22-18+/t26-,27+/m0/s1. The van der Waals surface area contributed by atoms with E-state index >= 15 is 0 Å². The fourth-order valence-corrected chi connectivity index (χ4v) is 7.23. The summed E-state index contributed by atoms with van der Waals surface area (Å²) in [5.74, 6) is -0.264. The molecule has 0 unspecified atom stereocenters. The molecule has 160 valence electrons. The van der Waals surface area contributed by atoms with Crippen LogP contribution in [0.2, 0.25) is 0 Å². The average molecular weight is 503 g/mol. The Morgan fingerprint density at radius 1 is 0.844 bits per heavy atom. The van der Waals surface area contributed by atoms with Crippen LogP contribution in [-0.2, 0) is 9.84 Å². The number of hydrogen-bond acceptors (Lipinski definition) is 2. The highest BCUT2D eigenvalue weighted by molar-refractivity contribution is 9.11. The second-order valence-corrected chi connectivity index (χ2v) is 11.0. The molecule has 32 heavy (non-hydrogen) atoms. The lowest BCUT2D eigenvalue weighted by atomic mass is 9.74. The molecular formula is C28H23BrO2S. The fraction of sp³-hybridized carbons (Fsp3) is 0.143. The summed E-state index contributed by atoms with van der Waals surface area (Å²) in [4.78, 5) is 2.27. The summed E-state index contributed by atoms with van der Waals surface area (Å²) >= 11 is 3.52. The Labute approximate surface area is 197 Å². The van der Waals surface area contributed by atoms with Gasteiger partial charge in [-0.1, -0.05) is 100 Å². The second kappa shape index (κ2) is 8.34. The van der Waals surface area contributed by atoms with Crippen LogP contribution in [0.4, 0.5) is 0 Å². The molecule has 0 bridgehead atoms. The molecular weight excluding hydrogens is 480 g/mol. The number of sulfone groups is 1. The smallest absolute Gasteiger partial charge is 0.182 e. The van der Waals surface area contributed by atoms with Crippen LogP contribution in [0.25, 0.3) is 16.3 Å². The van der Waals surface area contributed by atoms with Gasteiger partial charge >= 0.3 is 0 Å². The molecule has 0 N–H and O–H groups in total. The van der Waals surface area contributed by atoms with Crippen LogP contribution < -0.4 is 0 Å². The zero-order valence-electron chi connectivity index (χ0n) is 17.7. The quantitative estimate of drug-likeness (QED) is 0.295. The van der Waals surface area contributed by atoms with Crippen molar-refractivity contribution in [1.82, 2.24) is 0 Å². The molecule has 0 aliphatic heterocycles. The van der Waals surface area contributed by atoms with Crippen molar-refractivity contribution >= 4 is 42.1 Å². The van der Waals surface area contributed by atoms with Crippen LogP contribution in [0.5, 0.6) is 0 Å². The molecule has 0 saturated heterocycles. The minimum atomic E-state index is -3.59. The van der Waals surface area contributed by atoms with Crippen molar-refractivity contribution in [3.63, 3.8) is 0 Å². The van der Waals surface area contributed by atoms with E-state index in [-0.39, 0.29) is 5.92 Å². The molecule has 1 aliphatic carbocycles. The number of aryl methyl sites for hydroxylation is 1. The molecule has 0 fully saturated rings. The van der Waals surface area contributed by atoms with Crippen molar-refractivity contribution in [2.24, 2.45) is 0 Å². The predicted octanol–water partition coefficient (Wildman–Crippen LogP) is 7.26. The third-order valence-electron chi connectivity index (χ3n) is 6.46. The van der Waals surface area contributed by atoms with Crippen LogP contribution in [-0.4, -0.2) is 13.7 Å². The maximum Gasteiger partial charge on any atom is 0.182 e. The summed E-state index contributed by atoms with van der Waals surface area (Å²) in [6.45, 7) is 1.97. The van der Waals surface area contributed by atoms with Gasteiger partial charge in [-0.3, -0.25) is 0 Å². The van der Waals surface area contributed by atoms with Gasteiger partial charge in [0.15, 0.2) is 9.84 Å². The Kier molecular flexibility index (Phi) is 5.52. The molecule has 0 radical (unpaired) electrons. The van der Waals surface area contributed by atoms with Gasteiger partial charge in [0, 0.05) is 5.92 Å². The second-order valence-electron chi connectivity index (χ2n) is 8.37. The molecule has 2 nitrogen and oxygen atoms in total.